The number of ether oxygens (including phenoxy) is 4. The molecule has 3 aromatic rings. The minimum Gasteiger partial charge on any atom is -0.494 e. The van der Waals surface area contributed by atoms with Crippen molar-refractivity contribution < 1.29 is 23.7 Å². The number of carbonyl (C=O) groups is 1. The summed E-state index contributed by atoms with van der Waals surface area (Å²) < 4.78 is 22.1. The standard InChI is InChI=1S/C31H40ClN3O5/c1-37-20-21-40-31(36)35-14-12-26-27-22-24(32)8-11-28(27)33-29(26)30(35)23-6-9-25(10-7-23)39-17-5-3-2-4-13-34-15-18-38-19-16-34/h6-11,22,30,33H,2-5,12-21H2,1H3. The monoisotopic (exact) mass is 569 g/mol. The fourth-order valence-corrected chi connectivity index (χ4v) is 5.82. The molecule has 0 saturated carbocycles. The Kier molecular flexibility index (Phi) is 10.2. The first kappa shape index (κ1) is 28.7. The molecular formula is C31H40ClN3O5. The van der Waals surface area contributed by atoms with Crippen LogP contribution in [0, 0.1) is 0 Å². The summed E-state index contributed by atoms with van der Waals surface area (Å²) in [7, 11) is 1.59. The van der Waals surface area contributed by atoms with Crippen LogP contribution in [0.1, 0.15) is 48.5 Å². The van der Waals surface area contributed by atoms with E-state index in [-0.39, 0.29) is 18.7 Å². The van der Waals surface area contributed by atoms with Gasteiger partial charge in [0.2, 0.25) is 0 Å². The average Bonchev–Trinajstić information content (AvgIpc) is 3.35. The quantitative estimate of drug-likeness (QED) is 0.277. The van der Waals surface area contributed by atoms with Gasteiger partial charge in [0.25, 0.3) is 0 Å². The van der Waals surface area contributed by atoms with E-state index in [1.807, 2.05) is 42.5 Å². The lowest BCUT2D eigenvalue weighted by Gasteiger charge is -2.35. The van der Waals surface area contributed by atoms with Crippen LogP contribution in [0.15, 0.2) is 42.5 Å². The Balaban J connectivity index is 1.21. The number of rotatable bonds is 12. The Hall–Kier alpha value is -2.78. The predicted molar refractivity (Wildman–Crippen MR) is 156 cm³/mol. The predicted octanol–water partition coefficient (Wildman–Crippen LogP) is 5.82. The number of aromatic nitrogens is 1. The summed E-state index contributed by atoms with van der Waals surface area (Å²) in [5.41, 5.74) is 4.20. The summed E-state index contributed by atoms with van der Waals surface area (Å²) in [6, 6.07) is 13.7. The van der Waals surface area contributed by atoms with Gasteiger partial charge in [0.15, 0.2) is 0 Å². The molecule has 1 amide bonds. The number of fused-ring (bicyclic) bond motifs is 3. The van der Waals surface area contributed by atoms with Crippen molar-refractivity contribution >= 4 is 28.6 Å². The Morgan fingerprint density at radius 1 is 1.00 bits per heavy atom. The van der Waals surface area contributed by atoms with E-state index in [2.05, 4.69) is 9.88 Å². The zero-order valence-corrected chi connectivity index (χ0v) is 24.1. The Bertz CT molecular complexity index is 1240. The molecule has 5 rings (SSSR count). The van der Waals surface area contributed by atoms with Gasteiger partial charge >= 0.3 is 6.09 Å². The molecule has 0 radical (unpaired) electrons. The number of halogens is 1. The molecule has 1 unspecified atom stereocenters. The van der Waals surface area contributed by atoms with Crippen molar-refractivity contribution in [3.05, 3.63) is 64.3 Å². The van der Waals surface area contributed by atoms with E-state index in [1.165, 1.54) is 18.4 Å². The van der Waals surface area contributed by atoms with Gasteiger partial charge in [0, 0.05) is 48.4 Å². The van der Waals surface area contributed by atoms with Crippen LogP contribution in [0.3, 0.4) is 0 Å². The van der Waals surface area contributed by atoms with E-state index in [4.69, 9.17) is 30.5 Å². The molecule has 40 heavy (non-hydrogen) atoms. The molecule has 2 aliphatic rings. The van der Waals surface area contributed by atoms with Crippen molar-refractivity contribution in [2.24, 2.45) is 0 Å². The lowest BCUT2D eigenvalue weighted by atomic mass is 9.92. The summed E-state index contributed by atoms with van der Waals surface area (Å²) in [6.45, 7) is 6.83. The normalized spacial score (nSPS) is 17.6. The van der Waals surface area contributed by atoms with Crippen LogP contribution in [0.4, 0.5) is 4.79 Å². The lowest BCUT2D eigenvalue weighted by Crippen LogP contribution is -2.41. The zero-order chi connectivity index (χ0) is 27.7. The minimum absolute atomic E-state index is 0.216. The summed E-state index contributed by atoms with van der Waals surface area (Å²) >= 11 is 6.32. The Morgan fingerprint density at radius 3 is 2.60 bits per heavy atom. The molecule has 1 fully saturated rings. The highest BCUT2D eigenvalue weighted by molar-refractivity contribution is 6.31. The van der Waals surface area contributed by atoms with Gasteiger partial charge in [-0.3, -0.25) is 9.80 Å². The average molecular weight is 570 g/mol. The number of unbranched alkanes of at least 4 members (excludes halogenated alkanes) is 3. The van der Waals surface area contributed by atoms with Crippen LogP contribution in [-0.2, 0) is 20.6 Å². The molecule has 216 valence electrons. The van der Waals surface area contributed by atoms with Crippen molar-refractivity contribution in [3.63, 3.8) is 0 Å². The van der Waals surface area contributed by atoms with Crippen molar-refractivity contribution in [1.82, 2.24) is 14.8 Å². The molecule has 1 atom stereocenters. The second kappa shape index (κ2) is 14.2. The van der Waals surface area contributed by atoms with Gasteiger partial charge in [-0.05, 0) is 67.3 Å². The minimum atomic E-state index is -0.349. The van der Waals surface area contributed by atoms with Crippen molar-refractivity contribution in [1.29, 1.82) is 0 Å². The first-order valence-electron chi connectivity index (χ1n) is 14.4. The van der Waals surface area contributed by atoms with Gasteiger partial charge < -0.3 is 23.9 Å². The largest absolute Gasteiger partial charge is 0.494 e. The number of hydrogen-bond acceptors (Lipinski definition) is 6. The maximum absolute atomic E-state index is 13.1. The van der Waals surface area contributed by atoms with E-state index >= 15 is 0 Å². The SMILES string of the molecule is COCCOC(=O)N1CCc2c([nH]c3ccc(Cl)cc23)C1c1ccc(OCCCCCCN2CCOCC2)cc1. The maximum Gasteiger partial charge on any atom is 0.410 e. The summed E-state index contributed by atoms with van der Waals surface area (Å²) in [5.74, 6) is 0.839. The van der Waals surface area contributed by atoms with Gasteiger partial charge in [-0.25, -0.2) is 4.79 Å². The fourth-order valence-electron chi connectivity index (χ4n) is 5.65. The lowest BCUT2D eigenvalue weighted by molar-refractivity contribution is 0.0371. The molecule has 2 aliphatic heterocycles. The molecule has 2 aromatic carbocycles. The molecule has 0 spiro atoms. The van der Waals surface area contributed by atoms with E-state index in [0.29, 0.717) is 24.8 Å². The maximum atomic E-state index is 13.1. The number of hydrogen-bond donors (Lipinski definition) is 1. The van der Waals surface area contributed by atoms with Crippen LogP contribution >= 0.6 is 11.6 Å². The van der Waals surface area contributed by atoms with Gasteiger partial charge in [-0.2, -0.15) is 0 Å². The van der Waals surface area contributed by atoms with Crippen LogP contribution in [-0.4, -0.2) is 87.2 Å². The number of nitrogens with one attached hydrogen (secondary N) is 1. The smallest absolute Gasteiger partial charge is 0.410 e. The molecular weight excluding hydrogens is 530 g/mol. The number of morpholine rings is 1. The second-order valence-corrected chi connectivity index (χ2v) is 10.9. The molecule has 1 saturated heterocycles. The summed E-state index contributed by atoms with van der Waals surface area (Å²) in [5, 5.41) is 1.80. The second-order valence-electron chi connectivity index (χ2n) is 10.4. The first-order valence-corrected chi connectivity index (χ1v) is 14.8. The number of carbonyl (C=O) groups excluding carboxylic acids is 1. The molecule has 0 aliphatic carbocycles. The number of methoxy groups -OCH3 is 1. The molecule has 9 heteroatoms. The zero-order valence-electron chi connectivity index (χ0n) is 23.3. The Labute approximate surface area is 241 Å². The van der Waals surface area contributed by atoms with Crippen LogP contribution < -0.4 is 4.74 Å². The van der Waals surface area contributed by atoms with Gasteiger partial charge in [-0.1, -0.05) is 36.6 Å². The topological polar surface area (TPSA) is 76.3 Å². The van der Waals surface area contributed by atoms with E-state index in [9.17, 15) is 4.79 Å². The number of aromatic amines is 1. The highest BCUT2D eigenvalue weighted by atomic mass is 35.5. The molecule has 1 aromatic heterocycles. The van der Waals surface area contributed by atoms with Crippen LogP contribution in [0.5, 0.6) is 5.75 Å². The molecule has 8 nitrogen and oxygen atoms in total. The van der Waals surface area contributed by atoms with Crippen molar-refractivity contribution in [2.75, 3.05) is 66.3 Å². The third-order valence-electron chi connectivity index (χ3n) is 7.77. The highest BCUT2D eigenvalue weighted by Gasteiger charge is 2.35. The van der Waals surface area contributed by atoms with Gasteiger partial charge in [0.1, 0.15) is 18.4 Å². The highest BCUT2D eigenvalue weighted by Crippen LogP contribution is 2.39. The number of benzene rings is 2. The van der Waals surface area contributed by atoms with Crippen LogP contribution in [0.25, 0.3) is 10.9 Å². The number of amides is 1. The van der Waals surface area contributed by atoms with Crippen molar-refractivity contribution in [3.8, 4) is 5.75 Å². The number of H-pyrrole nitrogens is 1. The molecule has 0 bridgehead atoms. The third-order valence-corrected chi connectivity index (χ3v) is 8.01. The Morgan fingerprint density at radius 2 is 1.80 bits per heavy atom. The van der Waals surface area contributed by atoms with Crippen LogP contribution in [0.2, 0.25) is 5.02 Å². The first-order chi connectivity index (χ1) is 19.6. The number of nitrogens with zero attached hydrogens (tertiary/aromatic N) is 2. The van der Waals surface area contributed by atoms with Gasteiger partial charge in [-0.15, -0.1) is 0 Å². The van der Waals surface area contributed by atoms with Crippen molar-refractivity contribution in [2.45, 2.75) is 38.1 Å². The van der Waals surface area contributed by atoms with E-state index in [0.717, 1.165) is 80.0 Å². The fraction of sp³-hybridized carbons (Fsp3) is 0.516. The third kappa shape index (κ3) is 7.10. The van der Waals surface area contributed by atoms with E-state index in [1.54, 1.807) is 12.0 Å². The van der Waals surface area contributed by atoms with E-state index < -0.39 is 0 Å². The summed E-state index contributed by atoms with van der Waals surface area (Å²) in [4.78, 5) is 21.0. The molecule has 3 heterocycles. The molecule has 1 N–H and O–H groups in total. The van der Waals surface area contributed by atoms with Gasteiger partial charge in [0.05, 0.1) is 26.4 Å². The summed E-state index contributed by atoms with van der Waals surface area (Å²) in [6.07, 6.45) is 5.02.